The average molecular weight is 296 g/mol. The summed E-state index contributed by atoms with van der Waals surface area (Å²) >= 11 is 0. The Bertz CT molecular complexity index is 752. The van der Waals surface area contributed by atoms with Gasteiger partial charge in [0.15, 0.2) is 0 Å². The van der Waals surface area contributed by atoms with Crippen LogP contribution in [-0.2, 0) is 22.7 Å². The number of rotatable bonds is 1. The molecule has 0 fully saturated rings. The number of hydrogen-bond donors (Lipinski definition) is 1. The zero-order valence-electron chi connectivity index (χ0n) is 12.0. The van der Waals surface area contributed by atoms with Gasteiger partial charge in [-0.3, -0.25) is 9.59 Å². The number of carbonyl (C=O) groups excluding carboxylic acids is 2. The molecule has 0 aliphatic carbocycles. The van der Waals surface area contributed by atoms with E-state index < -0.39 is 0 Å². The van der Waals surface area contributed by atoms with E-state index in [4.69, 9.17) is 0 Å². The van der Waals surface area contributed by atoms with Crippen molar-refractivity contribution >= 4 is 17.5 Å². The first-order chi connectivity index (χ1) is 10.7. The van der Waals surface area contributed by atoms with Gasteiger partial charge in [0.25, 0.3) is 0 Å². The number of para-hydroxylation sites is 1. The van der Waals surface area contributed by atoms with Crippen LogP contribution in [0.5, 0.6) is 0 Å². The topological polar surface area (TPSA) is 67.2 Å². The number of carbonyl (C=O) groups is 2. The molecule has 2 aliphatic heterocycles. The summed E-state index contributed by atoms with van der Waals surface area (Å²) in [6.45, 7) is 1.96. The van der Waals surface area contributed by atoms with Gasteiger partial charge in [-0.15, -0.1) is 0 Å². The molecule has 1 atom stereocenters. The molecule has 22 heavy (non-hydrogen) atoms. The van der Waals surface area contributed by atoms with Gasteiger partial charge in [-0.2, -0.15) is 0 Å². The van der Waals surface area contributed by atoms with Crippen LogP contribution in [0.1, 0.15) is 23.6 Å². The Morgan fingerprint density at radius 1 is 1.27 bits per heavy atom. The number of nitrogens with one attached hydrogen (secondary N) is 1. The van der Waals surface area contributed by atoms with E-state index in [2.05, 4.69) is 14.9 Å². The smallest absolute Gasteiger partial charge is 0.231 e. The van der Waals surface area contributed by atoms with E-state index in [1.54, 1.807) is 12.5 Å². The van der Waals surface area contributed by atoms with Crippen LogP contribution in [0, 0.1) is 0 Å². The van der Waals surface area contributed by atoms with Gasteiger partial charge < -0.3 is 14.8 Å². The normalized spacial score (nSPS) is 20.1. The van der Waals surface area contributed by atoms with E-state index in [9.17, 15) is 9.59 Å². The second-order valence-electron chi connectivity index (χ2n) is 5.73. The third kappa shape index (κ3) is 2.07. The summed E-state index contributed by atoms with van der Waals surface area (Å²) < 4.78 is 2.06. The summed E-state index contributed by atoms with van der Waals surface area (Å²) in [5, 5.41) is 2.84. The number of benzene rings is 1. The minimum atomic E-state index is -0.389. The van der Waals surface area contributed by atoms with E-state index >= 15 is 0 Å². The van der Waals surface area contributed by atoms with Gasteiger partial charge in [0.05, 0.1) is 24.5 Å². The van der Waals surface area contributed by atoms with Gasteiger partial charge in [-0.25, -0.2) is 4.98 Å². The third-order valence-corrected chi connectivity index (χ3v) is 4.37. The van der Waals surface area contributed by atoms with Gasteiger partial charge >= 0.3 is 0 Å². The highest BCUT2D eigenvalue weighted by Gasteiger charge is 2.34. The number of fused-ring (bicyclic) bond motifs is 2. The summed E-state index contributed by atoms with van der Waals surface area (Å²) in [4.78, 5) is 30.7. The first kappa shape index (κ1) is 13.1. The molecule has 0 saturated carbocycles. The summed E-state index contributed by atoms with van der Waals surface area (Å²) in [6, 6.07) is 7.54. The molecular formula is C16H16N4O2. The van der Waals surface area contributed by atoms with Crippen LogP contribution >= 0.6 is 0 Å². The van der Waals surface area contributed by atoms with E-state index in [1.165, 1.54) is 0 Å². The molecule has 112 valence electrons. The molecule has 1 aromatic heterocycles. The van der Waals surface area contributed by atoms with Crippen LogP contribution in [-0.4, -0.2) is 32.8 Å². The minimum Gasteiger partial charge on any atom is -0.334 e. The molecule has 6 nitrogen and oxygen atoms in total. The van der Waals surface area contributed by atoms with Gasteiger partial charge in [0.1, 0.15) is 0 Å². The van der Waals surface area contributed by atoms with Crippen LogP contribution in [0.15, 0.2) is 36.8 Å². The lowest BCUT2D eigenvalue weighted by molar-refractivity contribution is -0.136. The Morgan fingerprint density at radius 2 is 2.14 bits per heavy atom. The molecule has 0 bridgehead atoms. The fraction of sp³-hybridized carbons (Fsp3) is 0.312. The molecule has 4 rings (SSSR count). The standard InChI is InChI=1S/C16H16N4O2/c21-15-7-13(12-3-1-2-4-14(12)18-15)16(22)19-5-6-20-10-17-8-11(20)9-19/h1-4,8,10,13H,5-7,9H2,(H,18,21). The van der Waals surface area contributed by atoms with Gasteiger partial charge in [-0.05, 0) is 11.6 Å². The minimum absolute atomic E-state index is 0.0229. The Labute approximate surface area is 127 Å². The molecule has 1 unspecified atom stereocenters. The van der Waals surface area contributed by atoms with Crippen molar-refractivity contribution in [3.63, 3.8) is 0 Å². The van der Waals surface area contributed by atoms with E-state index in [0.717, 1.165) is 23.5 Å². The van der Waals surface area contributed by atoms with E-state index in [1.807, 2.05) is 29.2 Å². The maximum Gasteiger partial charge on any atom is 0.231 e. The summed E-state index contributed by atoms with van der Waals surface area (Å²) in [5.41, 5.74) is 2.69. The van der Waals surface area contributed by atoms with Crippen molar-refractivity contribution in [1.29, 1.82) is 0 Å². The summed E-state index contributed by atoms with van der Waals surface area (Å²) in [6.07, 6.45) is 3.80. The Morgan fingerprint density at radius 3 is 3.05 bits per heavy atom. The molecule has 0 saturated heterocycles. The zero-order chi connectivity index (χ0) is 15.1. The monoisotopic (exact) mass is 296 g/mol. The predicted molar refractivity (Wildman–Crippen MR) is 80.1 cm³/mol. The second-order valence-corrected chi connectivity index (χ2v) is 5.73. The van der Waals surface area contributed by atoms with Crippen LogP contribution in [0.2, 0.25) is 0 Å². The summed E-state index contributed by atoms with van der Waals surface area (Å²) in [5.74, 6) is -0.465. The highest BCUT2D eigenvalue weighted by molar-refractivity contribution is 6.01. The Kier molecular flexibility index (Phi) is 2.96. The maximum absolute atomic E-state index is 12.9. The van der Waals surface area contributed by atoms with Crippen molar-refractivity contribution in [2.45, 2.75) is 25.4 Å². The Balaban J connectivity index is 1.62. The molecular weight excluding hydrogens is 280 g/mol. The van der Waals surface area contributed by atoms with Gasteiger partial charge in [0.2, 0.25) is 11.8 Å². The molecule has 0 spiro atoms. The molecule has 2 aromatic rings. The fourth-order valence-electron chi connectivity index (χ4n) is 3.22. The molecule has 2 aliphatic rings. The number of hydrogen-bond acceptors (Lipinski definition) is 3. The lowest BCUT2D eigenvalue weighted by Gasteiger charge is -2.33. The van der Waals surface area contributed by atoms with Crippen LogP contribution in [0.3, 0.4) is 0 Å². The second kappa shape index (κ2) is 4.98. The largest absolute Gasteiger partial charge is 0.334 e. The maximum atomic E-state index is 12.9. The number of nitrogens with zero attached hydrogens (tertiary/aromatic N) is 3. The molecule has 1 aromatic carbocycles. The van der Waals surface area contributed by atoms with Crippen molar-refractivity contribution in [3.8, 4) is 0 Å². The van der Waals surface area contributed by atoms with E-state index in [-0.39, 0.29) is 24.2 Å². The third-order valence-electron chi connectivity index (χ3n) is 4.37. The molecule has 2 amide bonds. The molecule has 0 radical (unpaired) electrons. The SMILES string of the molecule is O=C1CC(C(=O)N2CCn3cncc3C2)c2ccccc2N1. The molecule has 1 N–H and O–H groups in total. The quantitative estimate of drug-likeness (QED) is 0.864. The van der Waals surface area contributed by atoms with Crippen molar-refractivity contribution < 1.29 is 9.59 Å². The number of aromatic nitrogens is 2. The molecule has 3 heterocycles. The van der Waals surface area contributed by atoms with Crippen LogP contribution < -0.4 is 5.32 Å². The first-order valence-corrected chi connectivity index (χ1v) is 7.39. The van der Waals surface area contributed by atoms with Crippen molar-refractivity contribution in [2.75, 3.05) is 11.9 Å². The number of imidazole rings is 1. The molecule has 6 heteroatoms. The van der Waals surface area contributed by atoms with Crippen LogP contribution in [0.4, 0.5) is 5.69 Å². The highest BCUT2D eigenvalue weighted by Crippen LogP contribution is 2.34. The van der Waals surface area contributed by atoms with Crippen LogP contribution in [0.25, 0.3) is 0 Å². The van der Waals surface area contributed by atoms with Gasteiger partial charge in [0, 0.05) is 31.4 Å². The zero-order valence-corrected chi connectivity index (χ0v) is 12.0. The van der Waals surface area contributed by atoms with Gasteiger partial charge in [-0.1, -0.05) is 18.2 Å². The number of amides is 2. The average Bonchev–Trinajstić information content (AvgIpc) is 3.00. The van der Waals surface area contributed by atoms with E-state index in [0.29, 0.717) is 13.1 Å². The summed E-state index contributed by atoms with van der Waals surface area (Å²) in [7, 11) is 0. The highest BCUT2D eigenvalue weighted by atomic mass is 16.2. The Hall–Kier alpha value is -2.63. The fourth-order valence-corrected chi connectivity index (χ4v) is 3.22. The van der Waals surface area contributed by atoms with Crippen molar-refractivity contribution in [2.24, 2.45) is 0 Å². The van der Waals surface area contributed by atoms with Crippen molar-refractivity contribution in [1.82, 2.24) is 14.5 Å². The number of anilines is 1. The predicted octanol–water partition coefficient (Wildman–Crippen LogP) is 1.35. The lowest BCUT2D eigenvalue weighted by atomic mass is 9.89. The first-order valence-electron chi connectivity index (χ1n) is 7.39. The van der Waals surface area contributed by atoms with Crippen molar-refractivity contribution in [3.05, 3.63) is 48.0 Å². The lowest BCUT2D eigenvalue weighted by Crippen LogP contribution is -2.42.